The summed E-state index contributed by atoms with van der Waals surface area (Å²) in [6.07, 6.45) is 0.0875. The monoisotopic (exact) mass is 267 g/mol. The number of nitrogens with zero attached hydrogens (tertiary/aromatic N) is 1. The highest BCUT2D eigenvalue weighted by atomic mass is 19.4. The summed E-state index contributed by atoms with van der Waals surface area (Å²) in [5, 5.41) is 9.66. The Bertz CT molecular complexity index is 245. The zero-order valence-electron chi connectivity index (χ0n) is 11.1. The number of halogens is 3. The van der Waals surface area contributed by atoms with Crippen LogP contribution in [-0.2, 0) is 0 Å². The van der Waals surface area contributed by atoms with Crippen molar-refractivity contribution in [2.45, 2.75) is 63.6 Å². The summed E-state index contributed by atoms with van der Waals surface area (Å²) in [7, 11) is 0. The van der Waals surface area contributed by atoms with Crippen LogP contribution in [0.1, 0.15) is 51.9 Å². The van der Waals surface area contributed by atoms with E-state index in [1.807, 2.05) is 0 Å². The van der Waals surface area contributed by atoms with Crippen molar-refractivity contribution < 1.29 is 18.3 Å². The van der Waals surface area contributed by atoms with Gasteiger partial charge in [0, 0.05) is 6.54 Å². The highest BCUT2D eigenvalue weighted by Crippen LogP contribution is 2.38. The van der Waals surface area contributed by atoms with Gasteiger partial charge in [-0.3, -0.25) is 0 Å². The van der Waals surface area contributed by atoms with E-state index in [1.165, 1.54) is 6.42 Å². The molecule has 2 nitrogen and oxygen atoms in total. The van der Waals surface area contributed by atoms with Gasteiger partial charge < -0.3 is 10.0 Å². The molecule has 5 heteroatoms. The molecule has 1 rings (SSSR count). The Hall–Kier alpha value is -0.290. The van der Waals surface area contributed by atoms with E-state index in [9.17, 15) is 18.3 Å². The van der Waals surface area contributed by atoms with Crippen molar-refractivity contribution in [1.82, 2.24) is 4.90 Å². The van der Waals surface area contributed by atoms with Gasteiger partial charge in [-0.2, -0.15) is 13.2 Å². The molecule has 18 heavy (non-hydrogen) atoms. The summed E-state index contributed by atoms with van der Waals surface area (Å²) in [5.74, 6) is 0. The van der Waals surface area contributed by atoms with Crippen molar-refractivity contribution in [2.24, 2.45) is 0 Å². The summed E-state index contributed by atoms with van der Waals surface area (Å²) in [5.41, 5.74) is -2.47. The third-order valence-corrected chi connectivity index (χ3v) is 3.76. The molecule has 1 fully saturated rings. The van der Waals surface area contributed by atoms with Crippen LogP contribution in [0, 0.1) is 0 Å². The van der Waals surface area contributed by atoms with Gasteiger partial charge in [0.05, 0.1) is 0 Å². The quantitative estimate of drug-likeness (QED) is 0.772. The lowest BCUT2D eigenvalue weighted by Gasteiger charge is -2.29. The molecule has 1 aliphatic rings. The van der Waals surface area contributed by atoms with Crippen LogP contribution in [0.5, 0.6) is 0 Å². The van der Waals surface area contributed by atoms with Crippen LogP contribution >= 0.6 is 0 Å². The number of hydrogen-bond acceptors (Lipinski definition) is 2. The van der Waals surface area contributed by atoms with Crippen molar-refractivity contribution in [3.63, 3.8) is 0 Å². The van der Waals surface area contributed by atoms with Crippen molar-refractivity contribution >= 4 is 0 Å². The molecule has 0 amide bonds. The molecule has 0 spiro atoms. The first-order valence-electron chi connectivity index (χ1n) is 6.90. The minimum absolute atomic E-state index is 0.165. The van der Waals surface area contributed by atoms with Crippen LogP contribution in [0.15, 0.2) is 0 Å². The van der Waals surface area contributed by atoms with E-state index >= 15 is 0 Å². The fraction of sp³-hybridized carbons (Fsp3) is 1.00. The molecule has 0 aromatic rings. The highest BCUT2D eigenvalue weighted by Gasteiger charge is 2.53. The molecule has 0 bridgehead atoms. The van der Waals surface area contributed by atoms with Gasteiger partial charge in [0.15, 0.2) is 5.60 Å². The molecule has 1 unspecified atom stereocenters. The van der Waals surface area contributed by atoms with Crippen LogP contribution in [0.25, 0.3) is 0 Å². The van der Waals surface area contributed by atoms with Gasteiger partial charge >= 0.3 is 6.18 Å². The second kappa shape index (κ2) is 6.75. The number of alkyl halides is 3. The zero-order valence-corrected chi connectivity index (χ0v) is 11.1. The molecule has 0 radical (unpaired) electrons. The molecule has 0 aromatic heterocycles. The fourth-order valence-corrected chi connectivity index (χ4v) is 2.44. The van der Waals surface area contributed by atoms with E-state index in [-0.39, 0.29) is 12.8 Å². The average Bonchev–Trinajstić information content (AvgIpc) is 2.47. The first kappa shape index (κ1) is 15.8. The lowest BCUT2D eigenvalue weighted by atomic mass is 9.94. The second-order valence-corrected chi connectivity index (χ2v) is 5.29. The normalized spacial score (nSPS) is 27.2. The second-order valence-electron chi connectivity index (χ2n) is 5.29. The van der Waals surface area contributed by atoms with Gasteiger partial charge in [-0.15, -0.1) is 0 Å². The Morgan fingerprint density at radius 3 is 2.44 bits per heavy atom. The topological polar surface area (TPSA) is 23.5 Å². The average molecular weight is 267 g/mol. The lowest BCUT2D eigenvalue weighted by molar-refractivity contribution is -0.263. The van der Waals surface area contributed by atoms with Gasteiger partial charge in [-0.05, 0) is 38.8 Å². The molecule has 1 atom stereocenters. The van der Waals surface area contributed by atoms with Crippen LogP contribution in [-0.4, -0.2) is 41.4 Å². The molecular weight excluding hydrogens is 243 g/mol. The van der Waals surface area contributed by atoms with Gasteiger partial charge in [0.1, 0.15) is 0 Å². The molecule has 1 aliphatic heterocycles. The SMILES string of the molecule is CCCCCCN1CCCC(O)(C(F)(F)F)CC1. The smallest absolute Gasteiger partial charge is 0.380 e. The van der Waals surface area contributed by atoms with Crippen molar-refractivity contribution in [2.75, 3.05) is 19.6 Å². The van der Waals surface area contributed by atoms with Gasteiger partial charge in [-0.1, -0.05) is 26.2 Å². The van der Waals surface area contributed by atoms with Crippen LogP contribution in [0.3, 0.4) is 0 Å². The van der Waals surface area contributed by atoms with E-state index in [0.717, 1.165) is 25.8 Å². The summed E-state index contributed by atoms with van der Waals surface area (Å²) >= 11 is 0. The number of unbranched alkanes of at least 4 members (excludes halogenated alkanes) is 3. The van der Waals surface area contributed by atoms with Gasteiger partial charge in [0.25, 0.3) is 0 Å². The number of hydrogen-bond donors (Lipinski definition) is 1. The maximum Gasteiger partial charge on any atom is 0.417 e. The number of aliphatic hydroxyl groups is 1. The maximum atomic E-state index is 12.7. The summed E-state index contributed by atoms with van der Waals surface area (Å²) in [4.78, 5) is 2.05. The lowest BCUT2D eigenvalue weighted by Crippen LogP contribution is -2.45. The molecule has 0 aliphatic carbocycles. The Morgan fingerprint density at radius 1 is 1.11 bits per heavy atom. The summed E-state index contributed by atoms with van der Waals surface area (Å²) < 4.78 is 38.2. The molecule has 1 heterocycles. The Labute approximate surface area is 107 Å². The van der Waals surface area contributed by atoms with E-state index in [4.69, 9.17) is 0 Å². The molecule has 1 N–H and O–H groups in total. The largest absolute Gasteiger partial charge is 0.417 e. The van der Waals surface area contributed by atoms with Crippen molar-refractivity contribution in [3.05, 3.63) is 0 Å². The minimum Gasteiger partial charge on any atom is -0.380 e. The zero-order chi connectivity index (χ0) is 13.6. The molecule has 0 saturated carbocycles. The molecule has 108 valence electrons. The predicted octanol–water partition coefficient (Wildman–Crippen LogP) is 3.35. The number of rotatable bonds is 5. The van der Waals surface area contributed by atoms with Crippen LogP contribution in [0.2, 0.25) is 0 Å². The van der Waals surface area contributed by atoms with Crippen LogP contribution < -0.4 is 0 Å². The maximum absolute atomic E-state index is 12.7. The van der Waals surface area contributed by atoms with Gasteiger partial charge in [0.2, 0.25) is 0 Å². The summed E-state index contributed by atoms with van der Waals surface area (Å²) in [6.45, 7) is 4.01. The Morgan fingerprint density at radius 2 is 1.83 bits per heavy atom. The van der Waals surface area contributed by atoms with Crippen LogP contribution in [0.4, 0.5) is 13.2 Å². The van der Waals surface area contributed by atoms with E-state index in [1.54, 1.807) is 0 Å². The Kier molecular flexibility index (Phi) is 5.92. The molecule has 0 aromatic carbocycles. The number of likely N-dealkylation sites (tertiary alicyclic amines) is 1. The van der Waals surface area contributed by atoms with Gasteiger partial charge in [-0.25, -0.2) is 0 Å². The third-order valence-electron chi connectivity index (χ3n) is 3.76. The standard InChI is InChI=1S/C13H24F3NO/c1-2-3-4-5-9-17-10-6-7-12(18,8-11-17)13(14,15)16/h18H,2-11H2,1H3. The minimum atomic E-state index is -4.49. The molecular formula is C13H24F3NO. The third kappa shape index (κ3) is 4.43. The highest BCUT2D eigenvalue weighted by molar-refractivity contribution is 4.89. The predicted molar refractivity (Wildman–Crippen MR) is 65.4 cm³/mol. The van der Waals surface area contributed by atoms with Crippen molar-refractivity contribution in [3.8, 4) is 0 Å². The van der Waals surface area contributed by atoms with E-state index < -0.39 is 11.8 Å². The van der Waals surface area contributed by atoms with E-state index in [0.29, 0.717) is 19.5 Å². The first-order chi connectivity index (χ1) is 8.39. The molecule has 1 saturated heterocycles. The Balaban J connectivity index is 2.37. The fourth-order valence-electron chi connectivity index (χ4n) is 2.44. The van der Waals surface area contributed by atoms with E-state index in [2.05, 4.69) is 11.8 Å². The summed E-state index contributed by atoms with van der Waals surface area (Å²) in [6, 6.07) is 0. The van der Waals surface area contributed by atoms with Crippen molar-refractivity contribution in [1.29, 1.82) is 0 Å². The first-order valence-corrected chi connectivity index (χ1v) is 6.90.